The first-order chi connectivity index (χ1) is 12.1. The molecule has 2 fully saturated rings. The number of hydrogen-bond donors (Lipinski definition) is 0. The summed E-state index contributed by atoms with van der Waals surface area (Å²) in [6.45, 7) is 4.20. The largest absolute Gasteiger partial charge is 0.497 e. The Hall–Kier alpha value is -1.97. The maximum absolute atomic E-state index is 9.28. The average molecular weight is 336 g/mol. The van der Waals surface area contributed by atoms with E-state index in [4.69, 9.17) is 11.2 Å². The molecule has 1 saturated carbocycles. The lowest BCUT2D eigenvalue weighted by molar-refractivity contribution is -0.0428. The molecule has 3 nitrogen and oxygen atoms in total. The van der Waals surface area contributed by atoms with Crippen LogP contribution in [0.4, 0.5) is 0 Å². The van der Waals surface area contributed by atoms with E-state index >= 15 is 0 Å². The highest BCUT2D eigenvalue weighted by Gasteiger charge is 2.51. The van der Waals surface area contributed by atoms with E-state index in [9.17, 15) is 5.26 Å². The fraction of sp³-hybridized carbons (Fsp3) is 0.591. The SMILES string of the molecule is C#C[C@@]12C[C@H](C)C[C@@H](CC#N)[C@H]1CCCN2Cc1ccc(OC)cc1. The minimum absolute atomic E-state index is 0.197. The lowest BCUT2D eigenvalue weighted by Crippen LogP contribution is -2.60. The maximum Gasteiger partial charge on any atom is 0.118 e. The number of ether oxygens (including phenoxy) is 1. The Morgan fingerprint density at radius 2 is 2.12 bits per heavy atom. The standard InChI is InChI=1S/C22H28N2O/c1-4-22-15-17(2)14-19(11-12-23)21(22)6-5-13-24(22)16-18-7-9-20(25-3)10-8-18/h1,7-10,17,19,21H,5-6,11,13-16H2,2-3H3/t17-,19-,21-,22-/m1/s1. The zero-order chi connectivity index (χ0) is 17.9. The second kappa shape index (κ2) is 7.51. The van der Waals surface area contributed by atoms with Gasteiger partial charge >= 0.3 is 0 Å². The third-order valence-corrected chi connectivity index (χ3v) is 6.19. The highest BCUT2D eigenvalue weighted by molar-refractivity contribution is 5.29. The smallest absolute Gasteiger partial charge is 0.118 e. The number of nitriles is 1. The Morgan fingerprint density at radius 1 is 1.36 bits per heavy atom. The van der Waals surface area contributed by atoms with Crippen molar-refractivity contribution < 1.29 is 4.74 Å². The number of benzene rings is 1. The van der Waals surface area contributed by atoms with Crippen molar-refractivity contribution in [3.8, 4) is 24.2 Å². The van der Waals surface area contributed by atoms with Crippen LogP contribution in [0.5, 0.6) is 5.75 Å². The third kappa shape index (κ3) is 3.39. The molecule has 1 heterocycles. The lowest BCUT2D eigenvalue weighted by atomic mass is 9.59. The topological polar surface area (TPSA) is 36.3 Å². The number of terminal acetylenes is 1. The van der Waals surface area contributed by atoms with Gasteiger partial charge in [-0.15, -0.1) is 6.42 Å². The number of fused-ring (bicyclic) bond motifs is 1. The van der Waals surface area contributed by atoms with Gasteiger partial charge in [-0.1, -0.05) is 25.0 Å². The highest BCUT2D eigenvalue weighted by Crippen LogP contribution is 2.50. The Labute approximate surface area is 152 Å². The van der Waals surface area contributed by atoms with Gasteiger partial charge in [-0.2, -0.15) is 5.26 Å². The molecule has 3 rings (SSSR count). The normalized spacial score (nSPS) is 32.2. The van der Waals surface area contributed by atoms with Gasteiger partial charge in [0.2, 0.25) is 0 Å². The first-order valence-corrected chi connectivity index (χ1v) is 9.35. The maximum atomic E-state index is 9.28. The Kier molecular flexibility index (Phi) is 5.36. The molecule has 0 aromatic heterocycles. The predicted molar refractivity (Wildman–Crippen MR) is 99.8 cm³/mol. The van der Waals surface area contributed by atoms with Crippen LogP contribution in [0, 0.1) is 41.4 Å². The Bertz CT molecular complexity index is 669. The number of nitrogens with zero attached hydrogens (tertiary/aromatic N) is 2. The fourth-order valence-corrected chi connectivity index (χ4v) is 5.15. The third-order valence-electron chi connectivity index (χ3n) is 6.19. The van der Waals surface area contributed by atoms with Crippen LogP contribution < -0.4 is 4.74 Å². The minimum atomic E-state index is -0.197. The average Bonchev–Trinajstić information content (AvgIpc) is 2.63. The minimum Gasteiger partial charge on any atom is -0.497 e. The van der Waals surface area contributed by atoms with Crippen LogP contribution >= 0.6 is 0 Å². The van der Waals surface area contributed by atoms with E-state index in [2.05, 4.69) is 35.9 Å². The van der Waals surface area contributed by atoms with Gasteiger partial charge in [0, 0.05) is 13.0 Å². The van der Waals surface area contributed by atoms with Crippen molar-refractivity contribution in [3.05, 3.63) is 29.8 Å². The van der Waals surface area contributed by atoms with Crippen LogP contribution in [0.15, 0.2) is 24.3 Å². The number of likely N-dealkylation sites (tertiary alicyclic amines) is 1. The van der Waals surface area contributed by atoms with Crippen molar-refractivity contribution in [2.45, 2.75) is 51.1 Å². The Balaban J connectivity index is 1.87. The van der Waals surface area contributed by atoms with Gasteiger partial charge in [-0.25, -0.2) is 0 Å². The molecule has 0 amide bonds. The summed E-state index contributed by atoms with van der Waals surface area (Å²) in [5.41, 5.74) is 1.07. The second-order valence-electron chi connectivity index (χ2n) is 7.75. The van der Waals surface area contributed by atoms with E-state index < -0.39 is 0 Å². The van der Waals surface area contributed by atoms with Crippen LogP contribution in [0.3, 0.4) is 0 Å². The summed E-state index contributed by atoms with van der Waals surface area (Å²) in [5.74, 6) is 5.55. The molecule has 25 heavy (non-hydrogen) atoms. The zero-order valence-corrected chi connectivity index (χ0v) is 15.4. The van der Waals surface area contributed by atoms with E-state index in [0.29, 0.717) is 24.2 Å². The summed E-state index contributed by atoms with van der Waals surface area (Å²) in [7, 11) is 1.69. The zero-order valence-electron chi connectivity index (χ0n) is 15.4. The molecular weight excluding hydrogens is 308 g/mol. The molecule has 1 saturated heterocycles. The molecule has 0 N–H and O–H groups in total. The van der Waals surface area contributed by atoms with Gasteiger partial charge in [0.15, 0.2) is 0 Å². The Morgan fingerprint density at radius 3 is 2.76 bits per heavy atom. The van der Waals surface area contributed by atoms with E-state index in [1.54, 1.807) is 7.11 Å². The van der Waals surface area contributed by atoms with E-state index in [0.717, 1.165) is 38.1 Å². The molecule has 4 atom stereocenters. The highest BCUT2D eigenvalue weighted by atomic mass is 16.5. The summed E-state index contributed by atoms with van der Waals surface area (Å²) in [4.78, 5) is 2.52. The van der Waals surface area contributed by atoms with Gasteiger partial charge in [-0.3, -0.25) is 4.90 Å². The molecule has 1 aliphatic carbocycles. The first-order valence-electron chi connectivity index (χ1n) is 9.35. The van der Waals surface area contributed by atoms with Crippen molar-refractivity contribution in [1.29, 1.82) is 5.26 Å². The van der Waals surface area contributed by atoms with Crippen molar-refractivity contribution >= 4 is 0 Å². The van der Waals surface area contributed by atoms with Crippen molar-refractivity contribution in [2.24, 2.45) is 17.8 Å². The summed E-state index contributed by atoms with van der Waals surface area (Å²) >= 11 is 0. The van der Waals surface area contributed by atoms with Crippen LogP contribution in [-0.4, -0.2) is 24.1 Å². The number of piperidine rings is 1. The van der Waals surface area contributed by atoms with Crippen molar-refractivity contribution in [2.75, 3.05) is 13.7 Å². The molecule has 1 aromatic carbocycles. The molecule has 1 aliphatic heterocycles. The second-order valence-corrected chi connectivity index (χ2v) is 7.75. The number of hydrogen-bond acceptors (Lipinski definition) is 3. The summed E-state index contributed by atoms with van der Waals surface area (Å²) < 4.78 is 5.26. The molecule has 0 unspecified atom stereocenters. The molecule has 0 spiro atoms. The lowest BCUT2D eigenvalue weighted by Gasteiger charge is -2.56. The molecule has 0 bridgehead atoms. The predicted octanol–water partition coefficient (Wildman–Crippen LogP) is 4.24. The molecule has 0 radical (unpaired) electrons. The van der Waals surface area contributed by atoms with Gasteiger partial charge < -0.3 is 4.74 Å². The van der Waals surface area contributed by atoms with Crippen LogP contribution in [0.2, 0.25) is 0 Å². The van der Waals surface area contributed by atoms with E-state index in [-0.39, 0.29) is 5.54 Å². The van der Waals surface area contributed by atoms with Gasteiger partial charge in [0.1, 0.15) is 5.75 Å². The summed E-state index contributed by atoms with van der Waals surface area (Å²) in [6.07, 6.45) is 11.3. The van der Waals surface area contributed by atoms with Crippen LogP contribution in [0.25, 0.3) is 0 Å². The van der Waals surface area contributed by atoms with Crippen molar-refractivity contribution in [3.63, 3.8) is 0 Å². The molecule has 132 valence electrons. The molecular formula is C22H28N2O. The first kappa shape index (κ1) is 17.8. The monoisotopic (exact) mass is 336 g/mol. The number of methoxy groups -OCH3 is 1. The molecule has 3 heteroatoms. The quantitative estimate of drug-likeness (QED) is 0.772. The van der Waals surface area contributed by atoms with Crippen LogP contribution in [0.1, 0.15) is 44.6 Å². The van der Waals surface area contributed by atoms with Gasteiger partial charge in [-0.05, 0) is 67.7 Å². The number of rotatable bonds is 4. The fourth-order valence-electron chi connectivity index (χ4n) is 5.15. The summed E-state index contributed by atoms with van der Waals surface area (Å²) in [5, 5.41) is 9.28. The van der Waals surface area contributed by atoms with Crippen molar-refractivity contribution in [1.82, 2.24) is 4.90 Å². The molecule has 1 aromatic rings. The van der Waals surface area contributed by atoms with E-state index in [1.165, 1.54) is 12.0 Å². The van der Waals surface area contributed by atoms with Gasteiger partial charge in [0.05, 0.1) is 18.7 Å². The van der Waals surface area contributed by atoms with Gasteiger partial charge in [0.25, 0.3) is 0 Å². The summed E-state index contributed by atoms with van der Waals surface area (Å²) in [6, 6.07) is 10.7. The van der Waals surface area contributed by atoms with E-state index in [1.807, 2.05) is 12.1 Å². The molecule has 2 aliphatic rings. The van der Waals surface area contributed by atoms with Crippen LogP contribution in [-0.2, 0) is 6.54 Å².